The number of aryl methyl sites for hydroxylation is 1. The predicted octanol–water partition coefficient (Wildman–Crippen LogP) is 5.04. The molecule has 0 amide bonds. The van der Waals surface area contributed by atoms with Crippen LogP contribution in [0.15, 0.2) is 65.6 Å². The number of nitrogens with zero attached hydrogens (tertiary/aromatic N) is 1. The first-order valence-corrected chi connectivity index (χ1v) is 13.5. The number of hydrogen-bond donors (Lipinski definition) is 1. The quantitative estimate of drug-likeness (QED) is 0.338. The van der Waals surface area contributed by atoms with Crippen LogP contribution >= 0.6 is 0 Å². The third-order valence-corrected chi connectivity index (χ3v) is 8.58. The Balaban J connectivity index is 1.67. The van der Waals surface area contributed by atoms with Crippen molar-refractivity contribution >= 4 is 16.0 Å². The average Bonchev–Trinajstić information content (AvgIpc) is 2.86. The van der Waals surface area contributed by atoms with Crippen LogP contribution in [-0.2, 0) is 39.1 Å². The third kappa shape index (κ3) is 5.39. The van der Waals surface area contributed by atoms with Crippen LogP contribution < -0.4 is 4.89 Å². The van der Waals surface area contributed by atoms with Crippen LogP contribution in [0.5, 0.6) is 11.5 Å². The second-order valence-corrected chi connectivity index (χ2v) is 11.0. The van der Waals surface area contributed by atoms with Gasteiger partial charge in [0.15, 0.2) is 5.75 Å². The Morgan fingerprint density at radius 2 is 1.86 bits per heavy atom. The van der Waals surface area contributed by atoms with Gasteiger partial charge in [0.05, 0.1) is 4.90 Å². The Labute approximate surface area is 212 Å². The van der Waals surface area contributed by atoms with Gasteiger partial charge in [0.1, 0.15) is 5.75 Å². The number of carbonyl (C=O) groups is 1. The molecule has 1 aliphatic rings. The van der Waals surface area contributed by atoms with Crippen molar-refractivity contribution in [1.29, 1.82) is 0 Å². The molecule has 36 heavy (non-hydrogen) atoms. The fourth-order valence-corrected chi connectivity index (χ4v) is 6.68. The molecule has 1 N–H and O–H groups in total. The Morgan fingerprint density at radius 1 is 1.11 bits per heavy atom. The first-order valence-electron chi connectivity index (χ1n) is 12.0. The number of benzene rings is 3. The second kappa shape index (κ2) is 10.7. The maximum absolute atomic E-state index is 13.9. The van der Waals surface area contributed by atoms with Crippen LogP contribution in [0.2, 0.25) is 0 Å². The summed E-state index contributed by atoms with van der Waals surface area (Å²) in [6, 6.07) is 18.4. The minimum atomic E-state index is -3.86. The van der Waals surface area contributed by atoms with E-state index in [0.29, 0.717) is 29.8 Å². The van der Waals surface area contributed by atoms with E-state index < -0.39 is 16.0 Å². The molecule has 1 aliphatic heterocycles. The van der Waals surface area contributed by atoms with E-state index in [0.717, 1.165) is 24.0 Å². The van der Waals surface area contributed by atoms with E-state index >= 15 is 0 Å². The van der Waals surface area contributed by atoms with E-state index in [9.17, 15) is 18.3 Å². The maximum Gasteiger partial charge on any atom is 0.352 e. The Kier molecular flexibility index (Phi) is 7.66. The first-order chi connectivity index (χ1) is 17.2. The molecule has 0 aromatic heterocycles. The molecular formula is C28H31NO6S. The fraction of sp³-hybridized carbons (Fsp3) is 0.321. The van der Waals surface area contributed by atoms with Gasteiger partial charge in [-0.25, -0.2) is 13.2 Å². The molecule has 4 rings (SSSR count). The lowest BCUT2D eigenvalue weighted by atomic mass is 9.86. The number of carbonyl (C=O) groups excluding carboxylic acids is 1. The highest BCUT2D eigenvalue weighted by Crippen LogP contribution is 2.38. The SMILES string of the molecule is CCc1c(S(=O)(=O)N2Cc3cc(O)ccc3C(CCc3ccccc3)C2)ccc(OOC(C)=O)c1C. The lowest BCUT2D eigenvalue weighted by Crippen LogP contribution is -2.38. The molecule has 0 saturated carbocycles. The monoisotopic (exact) mass is 509 g/mol. The summed E-state index contributed by atoms with van der Waals surface area (Å²) >= 11 is 0. The van der Waals surface area contributed by atoms with Gasteiger partial charge in [-0.05, 0) is 78.6 Å². The van der Waals surface area contributed by atoms with Crippen molar-refractivity contribution < 1.29 is 28.1 Å². The van der Waals surface area contributed by atoms with Crippen LogP contribution in [0.1, 0.15) is 54.0 Å². The molecule has 0 saturated heterocycles. The predicted molar refractivity (Wildman–Crippen MR) is 136 cm³/mol. The zero-order valence-corrected chi connectivity index (χ0v) is 21.5. The summed E-state index contributed by atoms with van der Waals surface area (Å²) in [5, 5.41) is 10.1. The standard InChI is InChI=1S/C28H31NO6S/c1-4-25-19(2)27(35-34-20(3)30)14-15-28(25)36(32,33)29-17-22(11-10-21-8-6-5-7-9-21)26-13-12-24(31)16-23(26)18-29/h5-9,12-16,22,31H,4,10-11,17-18H2,1-3H3. The number of phenolic OH excluding ortho intramolecular Hbond substituents is 1. The van der Waals surface area contributed by atoms with Crippen LogP contribution in [-0.4, -0.2) is 30.3 Å². The third-order valence-electron chi connectivity index (χ3n) is 6.69. The zero-order valence-electron chi connectivity index (χ0n) is 20.7. The van der Waals surface area contributed by atoms with Gasteiger partial charge in [-0.15, -0.1) is 0 Å². The molecule has 0 bridgehead atoms. The summed E-state index contributed by atoms with van der Waals surface area (Å²) in [6.45, 7) is 5.39. The number of rotatable bonds is 8. The van der Waals surface area contributed by atoms with Crippen molar-refractivity contribution in [3.63, 3.8) is 0 Å². The van der Waals surface area contributed by atoms with Gasteiger partial charge >= 0.3 is 5.97 Å². The largest absolute Gasteiger partial charge is 0.508 e. The summed E-state index contributed by atoms with van der Waals surface area (Å²) in [5.74, 6) is -0.189. The Bertz CT molecular complexity index is 1350. The molecule has 3 aromatic carbocycles. The van der Waals surface area contributed by atoms with Crippen LogP contribution in [0, 0.1) is 6.92 Å². The van der Waals surface area contributed by atoms with Gasteiger partial charge < -0.3 is 5.11 Å². The summed E-state index contributed by atoms with van der Waals surface area (Å²) in [4.78, 5) is 21.1. The van der Waals surface area contributed by atoms with Crippen molar-refractivity contribution in [2.45, 2.75) is 57.4 Å². The van der Waals surface area contributed by atoms with Gasteiger partial charge in [0.2, 0.25) is 10.0 Å². The minimum Gasteiger partial charge on any atom is -0.508 e. The number of aromatic hydroxyl groups is 1. The maximum atomic E-state index is 13.9. The van der Waals surface area contributed by atoms with E-state index in [1.165, 1.54) is 28.9 Å². The summed E-state index contributed by atoms with van der Waals surface area (Å²) in [5.41, 5.74) is 4.31. The summed E-state index contributed by atoms with van der Waals surface area (Å²) in [6.07, 6.45) is 2.06. The van der Waals surface area contributed by atoms with E-state index in [4.69, 9.17) is 4.89 Å². The lowest BCUT2D eigenvalue weighted by molar-refractivity contribution is -0.211. The van der Waals surface area contributed by atoms with Crippen molar-refractivity contribution in [3.8, 4) is 11.5 Å². The topological polar surface area (TPSA) is 93.1 Å². The van der Waals surface area contributed by atoms with E-state index in [1.807, 2.05) is 31.2 Å². The minimum absolute atomic E-state index is 0.0120. The molecule has 0 radical (unpaired) electrons. The molecule has 0 fully saturated rings. The smallest absolute Gasteiger partial charge is 0.352 e. The van der Waals surface area contributed by atoms with E-state index in [-0.39, 0.29) is 23.1 Å². The molecule has 1 unspecified atom stereocenters. The molecule has 0 aliphatic carbocycles. The normalized spacial score (nSPS) is 15.8. The zero-order chi connectivity index (χ0) is 25.9. The van der Waals surface area contributed by atoms with Crippen LogP contribution in [0.4, 0.5) is 0 Å². The molecule has 3 aromatic rings. The van der Waals surface area contributed by atoms with Gasteiger partial charge in [0, 0.05) is 25.6 Å². The fourth-order valence-electron chi connectivity index (χ4n) is 4.87. The number of phenols is 1. The van der Waals surface area contributed by atoms with Crippen molar-refractivity contribution in [2.24, 2.45) is 0 Å². The average molecular weight is 510 g/mol. The lowest BCUT2D eigenvalue weighted by Gasteiger charge is -2.34. The number of fused-ring (bicyclic) bond motifs is 1. The van der Waals surface area contributed by atoms with Crippen LogP contribution in [0.3, 0.4) is 0 Å². The molecule has 0 spiro atoms. The van der Waals surface area contributed by atoms with Crippen molar-refractivity contribution in [3.05, 3.63) is 88.5 Å². The molecule has 190 valence electrons. The van der Waals surface area contributed by atoms with Crippen molar-refractivity contribution in [2.75, 3.05) is 6.54 Å². The van der Waals surface area contributed by atoms with Crippen LogP contribution in [0.25, 0.3) is 0 Å². The number of sulfonamides is 1. The summed E-state index contributed by atoms with van der Waals surface area (Å²) in [7, 11) is -3.86. The van der Waals surface area contributed by atoms with Crippen molar-refractivity contribution in [1.82, 2.24) is 4.31 Å². The summed E-state index contributed by atoms with van der Waals surface area (Å²) < 4.78 is 29.4. The highest BCUT2D eigenvalue weighted by Gasteiger charge is 2.35. The van der Waals surface area contributed by atoms with E-state index in [1.54, 1.807) is 19.1 Å². The molecule has 1 heterocycles. The molecule has 1 atom stereocenters. The van der Waals surface area contributed by atoms with E-state index in [2.05, 4.69) is 17.0 Å². The Hall–Kier alpha value is -3.36. The van der Waals surface area contributed by atoms with Gasteiger partial charge in [-0.1, -0.05) is 43.3 Å². The van der Waals surface area contributed by atoms with Gasteiger partial charge in [0.25, 0.3) is 0 Å². The second-order valence-electron chi connectivity index (χ2n) is 9.08. The first kappa shape index (κ1) is 25.7. The Morgan fingerprint density at radius 3 is 2.56 bits per heavy atom. The highest BCUT2D eigenvalue weighted by atomic mass is 32.2. The molecular weight excluding hydrogens is 478 g/mol. The van der Waals surface area contributed by atoms with Gasteiger partial charge in [-0.2, -0.15) is 4.31 Å². The van der Waals surface area contributed by atoms with Gasteiger partial charge in [-0.3, -0.25) is 9.78 Å². The molecule has 7 nitrogen and oxygen atoms in total. The molecule has 8 heteroatoms. The number of hydrogen-bond acceptors (Lipinski definition) is 6. The highest BCUT2D eigenvalue weighted by molar-refractivity contribution is 7.89.